The predicted octanol–water partition coefficient (Wildman–Crippen LogP) is 10.1. The topological polar surface area (TPSA) is 57.2 Å². The van der Waals surface area contributed by atoms with Gasteiger partial charge in [0.15, 0.2) is 0 Å². The molecule has 0 amide bonds. The van der Waals surface area contributed by atoms with Gasteiger partial charge in [0.25, 0.3) is 0 Å². The average Bonchev–Trinajstić information content (AvgIpc) is 3.05. The molecule has 1 N–H and O–H groups in total. The van der Waals surface area contributed by atoms with Crippen LogP contribution in [0, 0.1) is 0 Å². The van der Waals surface area contributed by atoms with E-state index in [2.05, 4.69) is 111 Å². The Kier molecular flexibility index (Phi) is 17.5. The van der Waals surface area contributed by atoms with Crippen LogP contribution >= 0.6 is 0 Å². The van der Waals surface area contributed by atoms with Crippen LogP contribution in [0.25, 0.3) is 0 Å². The molecule has 0 aliphatic rings. The maximum absolute atomic E-state index is 9.78. The number of aliphatic hydroxyl groups is 1. The van der Waals surface area contributed by atoms with E-state index < -0.39 is 14.4 Å². The molecule has 0 fully saturated rings. The average molecular weight is 653 g/mol. The molecule has 3 atom stereocenters. The van der Waals surface area contributed by atoms with Gasteiger partial charge in [0, 0.05) is 26.5 Å². The summed E-state index contributed by atoms with van der Waals surface area (Å²) in [6.45, 7) is 23.1. The molecule has 46 heavy (non-hydrogen) atoms. The summed E-state index contributed by atoms with van der Waals surface area (Å²) in [6.07, 6.45) is 3.47. The van der Waals surface area contributed by atoms with Crippen molar-refractivity contribution < 1.29 is 23.1 Å². The number of hydrogen-bond acceptors (Lipinski definition) is 5. The van der Waals surface area contributed by atoms with Gasteiger partial charge < -0.3 is 23.1 Å². The van der Waals surface area contributed by atoms with Gasteiger partial charge in [-0.05, 0) is 106 Å². The summed E-state index contributed by atoms with van der Waals surface area (Å²) in [5, 5.41) is 10.8. The first-order valence-electron chi connectivity index (χ1n) is 16.9. The zero-order valence-corrected chi connectivity index (χ0v) is 32.4. The summed E-state index contributed by atoms with van der Waals surface area (Å²) in [7, 11) is 2.22. The normalized spacial score (nSPS) is 13.8. The lowest BCUT2D eigenvalue weighted by atomic mass is 9.93. The Bertz CT molecular complexity index is 1210. The van der Waals surface area contributed by atoms with Crippen LogP contribution in [0.1, 0.15) is 135 Å². The molecule has 3 rings (SSSR count). The van der Waals surface area contributed by atoms with E-state index in [9.17, 15) is 5.11 Å². The smallest absolute Gasteiger partial charge is 0.488 e. The Morgan fingerprint density at radius 3 is 1.17 bits per heavy atom. The summed E-state index contributed by atoms with van der Waals surface area (Å²) < 4.78 is 22.1. The first kappa shape index (κ1) is 41.5. The lowest BCUT2D eigenvalue weighted by molar-refractivity contribution is 0.0785. The Hall–Kier alpha value is -2.48. The van der Waals surface area contributed by atoms with Crippen LogP contribution in [0.2, 0.25) is 0 Å². The van der Waals surface area contributed by atoms with Crippen LogP contribution in [0.3, 0.4) is 0 Å². The van der Waals surface area contributed by atoms with Crippen LogP contribution in [0.4, 0.5) is 0 Å². The van der Waals surface area contributed by atoms with Crippen molar-refractivity contribution in [3.63, 3.8) is 0 Å². The molecule has 258 valence electrons. The van der Waals surface area contributed by atoms with Crippen LogP contribution in [-0.4, -0.2) is 40.8 Å². The molecule has 0 bridgehead atoms. The molecule has 3 aromatic rings. The fourth-order valence-corrected chi connectivity index (χ4v) is 6.55. The Labute approximate surface area is 283 Å². The first-order valence-corrected chi connectivity index (χ1v) is 18.6. The van der Waals surface area contributed by atoms with Crippen LogP contribution < -0.4 is 9.92 Å². The highest BCUT2D eigenvalue weighted by molar-refractivity contribution is 6.75. The monoisotopic (exact) mass is 652 g/mol. The molecule has 3 aromatic carbocycles. The standard InChI is InChI=1S/C14H22O.C13H22O3Si.C13H20O/c1-6-11(2)12-7-9-13(10-8-12)15-14(3,4)5;1-6-11(2)12-7-9-13(10-8-12)17(14-3,15-4)16-5;1-5-10(2)11-6-8-12(9-7-11)13(3,4)14/h7-11H,6H2,1-5H3;7-11H,6H2,1-5H3;6-10,14H,5H2,1-4H3. The Morgan fingerprint density at radius 2 is 0.891 bits per heavy atom. The maximum Gasteiger partial charge on any atom is 0.536 e. The predicted molar refractivity (Wildman–Crippen MR) is 197 cm³/mol. The second-order valence-electron chi connectivity index (χ2n) is 13.7. The fourth-order valence-electron chi connectivity index (χ4n) is 4.76. The number of rotatable bonds is 12. The van der Waals surface area contributed by atoms with Crippen molar-refractivity contribution in [2.75, 3.05) is 21.3 Å². The van der Waals surface area contributed by atoms with E-state index in [0.717, 1.165) is 29.3 Å². The van der Waals surface area contributed by atoms with E-state index >= 15 is 0 Å². The summed E-state index contributed by atoms with van der Waals surface area (Å²) in [5.74, 6) is 2.77. The maximum atomic E-state index is 9.78. The van der Waals surface area contributed by atoms with Crippen LogP contribution in [-0.2, 0) is 18.9 Å². The van der Waals surface area contributed by atoms with Gasteiger partial charge in [0.05, 0.1) is 5.60 Å². The Balaban J connectivity index is 0.000000347. The molecule has 0 saturated carbocycles. The van der Waals surface area contributed by atoms with Gasteiger partial charge in [-0.1, -0.05) is 102 Å². The summed E-state index contributed by atoms with van der Waals surface area (Å²) >= 11 is 0. The van der Waals surface area contributed by atoms with E-state index in [1.54, 1.807) is 21.3 Å². The molecule has 0 radical (unpaired) electrons. The molecule has 5 nitrogen and oxygen atoms in total. The molecule has 0 aliphatic heterocycles. The molecule has 6 heteroatoms. The highest BCUT2D eigenvalue weighted by Crippen LogP contribution is 2.25. The van der Waals surface area contributed by atoms with Crippen molar-refractivity contribution in [1.29, 1.82) is 0 Å². The molecular formula is C40H64O5Si. The first-order chi connectivity index (χ1) is 21.5. The minimum Gasteiger partial charge on any atom is -0.488 e. The van der Waals surface area contributed by atoms with Gasteiger partial charge >= 0.3 is 8.80 Å². The fraction of sp³-hybridized carbons (Fsp3) is 0.550. The van der Waals surface area contributed by atoms with Gasteiger partial charge in [0.1, 0.15) is 11.4 Å². The molecule has 0 spiro atoms. The van der Waals surface area contributed by atoms with Crippen LogP contribution in [0.15, 0.2) is 72.8 Å². The van der Waals surface area contributed by atoms with E-state index in [1.165, 1.54) is 23.1 Å². The number of ether oxygens (including phenoxy) is 1. The molecular weight excluding hydrogens is 589 g/mol. The van der Waals surface area contributed by atoms with Crippen molar-refractivity contribution in [3.05, 3.63) is 95.1 Å². The highest BCUT2D eigenvalue weighted by Gasteiger charge is 2.40. The van der Waals surface area contributed by atoms with Gasteiger partial charge in [-0.2, -0.15) is 0 Å². The zero-order chi connectivity index (χ0) is 35.1. The van der Waals surface area contributed by atoms with Gasteiger partial charge in [-0.3, -0.25) is 0 Å². The molecule has 0 aromatic heterocycles. The molecule has 3 unspecified atom stereocenters. The molecule has 0 heterocycles. The lowest BCUT2D eigenvalue weighted by Gasteiger charge is -2.24. The van der Waals surface area contributed by atoms with E-state index in [1.807, 2.05) is 38.1 Å². The quantitative estimate of drug-likeness (QED) is 0.197. The van der Waals surface area contributed by atoms with E-state index in [-0.39, 0.29) is 5.60 Å². The van der Waals surface area contributed by atoms with Crippen molar-refractivity contribution >= 4 is 14.0 Å². The number of hydrogen-bond donors (Lipinski definition) is 1. The molecule has 0 aliphatic carbocycles. The summed E-state index contributed by atoms with van der Waals surface area (Å²) in [4.78, 5) is 0. The third-order valence-electron chi connectivity index (χ3n) is 8.54. The second-order valence-corrected chi connectivity index (χ2v) is 16.6. The van der Waals surface area contributed by atoms with E-state index in [0.29, 0.717) is 17.8 Å². The van der Waals surface area contributed by atoms with Crippen molar-refractivity contribution in [2.45, 2.75) is 124 Å². The SMILES string of the molecule is CCC(C)c1ccc(C(C)(C)O)cc1.CCC(C)c1ccc(OC(C)(C)C)cc1.CCC(C)c1ccc([Si](OC)(OC)OC)cc1. The van der Waals surface area contributed by atoms with E-state index in [4.69, 9.17) is 18.0 Å². The summed E-state index contributed by atoms with van der Waals surface area (Å²) in [5.41, 5.74) is 4.21. The third-order valence-corrected chi connectivity index (χ3v) is 11.2. The zero-order valence-electron chi connectivity index (χ0n) is 31.4. The highest BCUT2D eigenvalue weighted by atomic mass is 28.4. The van der Waals surface area contributed by atoms with Crippen molar-refractivity contribution in [1.82, 2.24) is 0 Å². The van der Waals surface area contributed by atoms with Gasteiger partial charge in [0.2, 0.25) is 0 Å². The lowest BCUT2D eigenvalue weighted by Crippen LogP contribution is -2.54. The second kappa shape index (κ2) is 19.4. The third kappa shape index (κ3) is 13.3. The van der Waals surface area contributed by atoms with Gasteiger partial charge in [-0.25, -0.2) is 0 Å². The summed E-state index contributed by atoms with van der Waals surface area (Å²) in [6, 6.07) is 25.1. The van der Waals surface area contributed by atoms with Gasteiger partial charge in [-0.15, -0.1) is 0 Å². The molecule has 0 saturated heterocycles. The van der Waals surface area contributed by atoms with Crippen molar-refractivity contribution in [2.24, 2.45) is 0 Å². The largest absolute Gasteiger partial charge is 0.536 e. The minimum absolute atomic E-state index is 0.113. The van der Waals surface area contributed by atoms with Crippen LogP contribution in [0.5, 0.6) is 5.75 Å². The van der Waals surface area contributed by atoms with Crippen molar-refractivity contribution in [3.8, 4) is 5.75 Å². The minimum atomic E-state index is -2.66. The number of benzene rings is 3. The Morgan fingerprint density at radius 1 is 0.565 bits per heavy atom.